The molecule has 0 spiro atoms. The van der Waals surface area contributed by atoms with Crippen molar-refractivity contribution < 1.29 is 8.42 Å². The van der Waals surface area contributed by atoms with Crippen LogP contribution in [0.4, 0.5) is 0 Å². The maximum absolute atomic E-state index is 12.4. The van der Waals surface area contributed by atoms with Gasteiger partial charge in [-0.3, -0.25) is 0 Å². The van der Waals surface area contributed by atoms with Gasteiger partial charge in [0.15, 0.2) is 0 Å². The highest BCUT2D eigenvalue weighted by atomic mass is 32.2. The van der Waals surface area contributed by atoms with Crippen molar-refractivity contribution in [2.45, 2.75) is 37.1 Å². The van der Waals surface area contributed by atoms with Gasteiger partial charge in [0, 0.05) is 11.7 Å². The van der Waals surface area contributed by atoms with Crippen LogP contribution in [0.2, 0.25) is 0 Å². The Bertz CT molecular complexity index is 722. The van der Waals surface area contributed by atoms with Crippen LogP contribution in [0, 0.1) is 5.92 Å². The van der Waals surface area contributed by atoms with Crippen molar-refractivity contribution in [1.82, 2.24) is 14.1 Å². The number of nitrogens with one attached hydrogen (secondary N) is 1. The Morgan fingerprint density at radius 3 is 3.00 bits per heavy atom. The summed E-state index contributed by atoms with van der Waals surface area (Å²) in [6, 6.07) is 3.38. The SMILES string of the molecule is CC[C@@H]1C[C@]1(C)NS(=O)(=O)c1ccc2cncn2c1. The van der Waals surface area contributed by atoms with Crippen molar-refractivity contribution >= 4 is 15.5 Å². The first kappa shape index (κ1) is 12.6. The summed E-state index contributed by atoms with van der Waals surface area (Å²) < 4.78 is 29.3. The molecule has 102 valence electrons. The Hall–Kier alpha value is -1.40. The van der Waals surface area contributed by atoms with Crippen LogP contribution in [0.1, 0.15) is 26.7 Å². The molecule has 0 bridgehead atoms. The first-order valence-electron chi connectivity index (χ1n) is 6.40. The summed E-state index contributed by atoms with van der Waals surface area (Å²) >= 11 is 0. The lowest BCUT2D eigenvalue weighted by Crippen LogP contribution is -2.36. The zero-order chi connectivity index (χ0) is 13.7. The van der Waals surface area contributed by atoms with Crippen molar-refractivity contribution in [1.29, 1.82) is 0 Å². The summed E-state index contributed by atoms with van der Waals surface area (Å²) in [6.45, 7) is 4.05. The Morgan fingerprint density at radius 2 is 2.32 bits per heavy atom. The maximum atomic E-state index is 12.4. The quantitative estimate of drug-likeness (QED) is 0.928. The van der Waals surface area contributed by atoms with E-state index in [9.17, 15) is 8.42 Å². The van der Waals surface area contributed by atoms with E-state index in [1.165, 1.54) is 0 Å². The van der Waals surface area contributed by atoms with E-state index in [2.05, 4.69) is 16.6 Å². The first-order chi connectivity index (χ1) is 8.94. The maximum Gasteiger partial charge on any atom is 0.242 e. The average Bonchev–Trinajstić information content (AvgIpc) is 2.80. The topological polar surface area (TPSA) is 63.5 Å². The second-order valence-electron chi connectivity index (χ2n) is 5.42. The van der Waals surface area contributed by atoms with Crippen molar-refractivity contribution in [2.24, 2.45) is 5.92 Å². The molecule has 1 saturated carbocycles. The Balaban J connectivity index is 1.91. The predicted octanol–water partition coefficient (Wildman–Crippen LogP) is 1.80. The molecule has 2 atom stereocenters. The van der Waals surface area contributed by atoms with Gasteiger partial charge in [0.2, 0.25) is 10.0 Å². The lowest BCUT2D eigenvalue weighted by atomic mass is 10.2. The molecule has 0 amide bonds. The van der Waals surface area contributed by atoms with Crippen LogP contribution in [0.5, 0.6) is 0 Å². The monoisotopic (exact) mass is 279 g/mol. The molecule has 0 saturated heterocycles. The summed E-state index contributed by atoms with van der Waals surface area (Å²) in [5.41, 5.74) is 0.598. The molecular formula is C13H17N3O2S. The second kappa shape index (κ2) is 4.05. The van der Waals surface area contributed by atoms with Crippen molar-refractivity contribution in [3.05, 3.63) is 30.9 Å². The largest absolute Gasteiger partial charge is 0.305 e. The molecule has 2 heterocycles. The Morgan fingerprint density at radius 1 is 1.53 bits per heavy atom. The fraction of sp³-hybridized carbons (Fsp3) is 0.462. The molecular weight excluding hydrogens is 262 g/mol. The molecule has 6 heteroatoms. The molecule has 1 fully saturated rings. The number of fused-ring (bicyclic) bond motifs is 1. The summed E-state index contributed by atoms with van der Waals surface area (Å²) in [5, 5.41) is 0. The average molecular weight is 279 g/mol. The minimum atomic E-state index is -3.47. The summed E-state index contributed by atoms with van der Waals surface area (Å²) in [7, 11) is -3.47. The molecule has 5 nitrogen and oxygen atoms in total. The molecule has 1 aliphatic carbocycles. The van der Waals surface area contributed by atoms with Gasteiger partial charge in [-0.1, -0.05) is 13.3 Å². The van der Waals surface area contributed by atoms with Gasteiger partial charge in [-0.05, 0) is 31.4 Å². The molecule has 2 aromatic heterocycles. The van der Waals surface area contributed by atoms with Crippen LogP contribution in [0.25, 0.3) is 5.52 Å². The normalized spacial score (nSPS) is 26.7. The number of hydrogen-bond acceptors (Lipinski definition) is 3. The van der Waals surface area contributed by atoms with E-state index in [1.807, 2.05) is 6.92 Å². The van der Waals surface area contributed by atoms with E-state index >= 15 is 0 Å². The van der Waals surface area contributed by atoms with Crippen LogP contribution >= 0.6 is 0 Å². The van der Waals surface area contributed by atoms with Gasteiger partial charge in [-0.25, -0.2) is 18.1 Å². The summed E-state index contributed by atoms with van der Waals surface area (Å²) in [6.07, 6.45) is 6.80. The highest BCUT2D eigenvalue weighted by Gasteiger charge is 2.51. The van der Waals surface area contributed by atoms with E-state index < -0.39 is 10.0 Å². The minimum absolute atomic E-state index is 0.279. The number of hydrogen-bond donors (Lipinski definition) is 1. The molecule has 0 aliphatic heterocycles. The lowest BCUT2D eigenvalue weighted by Gasteiger charge is -2.14. The van der Waals surface area contributed by atoms with E-state index in [0.29, 0.717) is 5.92 Å². The highest BCUT2D eigenvalue weighted by molar-refractivity contribution is 7.89. The van der Waals surface area contributed by atoms with Crippen LogP contribution in [-0.2, 0) is 10.0 Å². The molecule has 19 heavy (non-hydrogen) atoms. The number of sulfonamides is 1. The van der Waals surface area contributed by atoms with Gasteiger partial charge in [-0.15, -0.1) is 0 Å². The van der Waals surface area contributed by atoms with Crippen LogP contribution < -0.4 is 4.72 Å². The summed E-state index contributed by atoms with van der Waals surface area (Å²) in [5.74, 6) is 0.444. The standard InChI is InChI=1S/C13H17N3O2S/c1-3-10-6-13(10,2)15-19(17,18)12-5-4-11-7-14-9-16(11)8-12/h4-5,7-10,15H,3,6H2,1-2H3/t10-,13+/m1/s1. The second-order valence-corrected chi connectivity index (χ2v) is 7.11. The van der Waals surface area contributed by atoms with Crippen molar-refractivity contribution in [2.75, 3.05) is 0 Å². The number of nitrogens with zero attached hydrogens (tertiary/aromatic N) is 2. The van der Waals surface area contributed by atoms with Crippen LogP contribution in [0.15, 0.2) is 35.7 Å². The third-order valence-corrected chi connectivity index (χ3v) is 5.56. The van der Waals surface area contributed by atoms with Gasteiger partial charge < -0.3 is 4.40 Å². The molecule has 0 radical (unpaired) electrons. The summed E-state index contributed by atoms with van der Waals surface area (Å²) in [4.78, 5) is 4.26. The van der Waals surface area contributed by atoms with Gasteiger partial charge in [-0.2, -0.15) is 0 Å². The minimum Gasteiger partial charge on any atom is -0.305 e. The number of aromatic nitrogens is 2. The number of imidazole rings is 1. The van der Waals surface area contributed by atoms with E-state index in [1.54, 1.807) is 35.3 Å². The van der Waals surface area contributed by atoms with E-state index in [0.717, 1.165) is 18.4 Å². The third kappa shape index (κ3) is 2.15. The van der Waals surface area contributed by atoms with Gasteiger partial charge in [0.25, 0.3) is 0 Å². The van der Waals surface area contributed by atoms with Gasteiger partial charge >= 0.3 is 0 Å². The molecule has 2 aromatic rings. The van der Waals surface area contributed by atoms with Gasteiger partial charge in [0.1, 0.15) is 0 Å². The smallest absolute Gasteiger partial charge is 0.242 e. The zero-order valence-corrected chi connectivity index (χ0v) is 11.8. The lowest BCUT2D eigenvalue weighted by molar-refractivity contribution is 0.532. The Labute approximate surface area is 112 Å². The number of rotatable bonds is 4. The predicted molar refractivity (Wildman–Crippen MR) is 72.3 cm³/mol. The van der Waals surface area contributed by atoms with E-state index in [-0.39, 0.29) is 10.4 Å². The van der Waals surface area contributed by atoms with Crippen molar-refractivity contribution in [3.63, 3.8) is 0 Å². The van der Waals surface area contributed by atoms with Crippen LogP contribution in [0.3, 0.4) is 0 Å². The molecule has 3 rings (SSSR count). The van der Waals surface area contributed by atoms with Crippen LogP contribution in [-0.4, -0.2) is 23.3 Å². The fourth-order valence-corrected chi connectivity index (χ4v) is 4.08. The zero-order valence-electron chi connectivity index (χ0n) is 11.0. The molecule has 1 aliphatic rings. The first-order valence-corrected chi connectivity index (χ1v) is 7.89. The van der Waals surface area contributed by atoms with Crippen molar-refractivity contribution in [3.8, 4) is 0 Å². The fourth-order valence-electron chi connectivity index (χ4n) is 2.60. The van der Waals surface area contributed by atoms with Gasteiger partial charge in [0.05, 0.1) is 22.9 Å². The highest BCUT2D eigenvalue weighted by Crippen LogP contribution is 2.46. The molecule has 0 unspecified atom stereocenters. The molecule has 0 aromatic carbocycles. The Kier molecular flexibility index (Phi) is 2.69. The number of pyridine rings is 1. The third-order valence-electron chi connectivity index (χ3n) is 3.96. The molecule has 1 N–H and O–H groups in total. The van der Waals surface area contributed by atoms with E-state index in [4.69, 9.17) is 0 Å².